The molecule has 0 spiro atoms. The summed E-state index contributed by atoms with van der Waals surface area (Å²) in [5, 5.41) is 0. The van der Waals surface area contributed by atoms with Crippen LogP contribution in [-0.4, -0.2) is 0 Å². The van der Waals surface area contributed by atoms with Gasteiger partial charge in [0, 0.05) is 10.7 Å². The Bertz CT molecular complexity index is 659. The highest BCUT2D eigenvalue weighted by Crippen LogP contribution is 2.45. The monoisotopic (exact) mass is 340 g/mol. The average Bonchev–Trinajstić information content (AvgIpc) is 3.01. The fourth-order valence-electron chi connectivity index (χ4n) is 4.09. The maximum Gasteiger partial charge on any atom is 0.0464 e. The number of aryl methyl sites for hydroxylation is 3. The van der Waals surface area contributed by atoms with Gasteiger partial charge in [0.2, 0.25) is 0 Å². The standard InChI is InChI=1S/C20H21Br/c21-20(17-12-11-14-6-3-8-16(14)13-17)19-10-4-7-15-5-1-2-9-18(15)19/h1-2,5,9,11-13,19-20H,3-4,6-8,10H2. The van der Waals surface area contributed by atoms with Crippen LogP contribution in [0.4, 0.5) is 0 Å². The lowest BCUT2D eigenvalue weighted by Gasteiger charge is -2.30. The first-order valence-corrected chi connectivity index (χ1v) is 9.08. The van der Waals surface area contributed by atoms with Gasteiger partial charge < -0.3 is 0 Å². The molecule has 0 aromatic heterocycles. The molecule has 0 heterocycles. The third-order valence-corrected chi connectivity index (χ3v) is 6.38. The molecule has 0 radical (unpaired) electrons. The van der Waals surface area contributed by atoms with Crippen LogP contribution in [0.5, 0.6) is 0 Å². The zero-order chi connectivity index (χ0) is 14.2. The van der Waals surface area contributed by atoms with Gasteiger partial charge in [-0.05, 0) is 66.3 Å². The summed E-state index contributed by atoms with van der Waals surface area (Å²) >= 11 is 4.03. The van der Waals surface area contributed by atoms with Crippen LogP contribution in [0.15, 0.2) is 42.5 Å². The molecule has 108 valence electrons. The van der Waals surface area contributed by atoms with Gasteiger partial charge in [-0.25, -0.2) is 0 Å². The van der Waals surface area contributed by atoms with Crippen LogP contribution in [0, 0.1) is 0 Å². The highest BCUT2D eigenvalue weighted by Gasteiger charge is 2.27. The molecule has 2 unspecified atom stereocenters. The Kier molecular flexibility index (Phi) is 3.62. The highest BCUT2D eigenvalue weighted by molar-refractivity contribution is 9.09. The molecule has 2 aliphatic carbocycles. The first-order valence-electron chi connectivity index (χ1n) is 8.16. The quantitative estimate of drug-likeness (QED) is 0.612. The second-order valence-electron chi connectivity index (χ2n) is 6.48. The molecule has 1 heteroatoms. The summed E-state index contributed by atoms with van der Waals surface area (Å²) in [6.45, 7) is 0. The topological polar surface area (TPSA) is 0 Å². The summed E-state index contributed by atoms with van der Waals surface area (Å²) in [5.41, 5.74) is 7.74. The number of fused-ring (bicyclic) bond motifs is 2. The molecule has 2 aromatic carbocycles. The number of halogens is 1. The summed E-state index contributed by atoms with van der Waals surface area (Å²) in [6, 6.07) is 16.2. The molecule has 2 aromatic rings. The van der Waals surface area contributed by atoms with Crippen LogP contribution in [0.2, 0.25) is 0 Å². The van der Waals surface area contributed by atoms with Gasteiger partial charge in [0.25, 0.3) is 0 Å². The molecular formula is C20H21Br. The van der Waals surface area contributed by atoms with E-state index >= 15 is 0 Å². The predicted octanol–water partition coefficient (Wildman–Crippen LogP) is 5.73. The van der Waals surface area contributed by atoms with Gasteiger partial charge in [0.15, 0.2) is 0 Å². The Morgan fingerprint density at radius 1 is 0.857 bits per heavy atom. The lowest BCUT2D eigenvalue weighted by molar-refractivity contribution is 0.547. The van der Waals surface area contributed by atoms with Crippen molar-refractivity contribution in [3.8, 4) is 0 Å². The van der Waals surface area contributed by atoms with E-state index in [1.165, 1.54) is 44.1 Å². The maximum atomic E-state index is 4.03. The SMILES string of the molecule is BrC(c1ccc2c(c1)CCC2)C1CCCc2ccccc21. The van der Waals surface area contributed by atoms with Crippen LogP contribution in [0.25, 0.3) is 0 Å². The van der Waals surface area contributed by atoms with E-state index in [9.17, 15) is 0 Å². The minimum atomic E-state index is 0.449. The van der Waals surface area contributed by atoms with E-state index in [2.05, 4.69) is 58.4 Å². The van der Waals surface area contributed by atoms with Crippen molar-refractivity contribution in [2.24, 2.45) is 0 Å². The Morgan fingerprint density at radius 2 is 1.67 bits per heavy atom. The number of benzene rings is 2. The third-order valence-electron chi connectivity index (χ3n) is 5.21. The molecule has 0 saturated heterocycles. The van der Waals surface area contributed by atoms with E-state index in [1.54, 1.807) is 22.3 Å². The van der Waals surface area contributed by atoms with Crippen molar-refractivity contribution >= 4 is 15.9 Å². The second-order valence-corrected chi connectivity index (χ2v) is 7.47. The number of hydrogen-bond donors (Lipinski definition) is 0. The number of hydrogen-bond acceptors (Lipinski definition) is 0. The molecule has 2 atom stereocenters. The minimum Gasteiger partial charge on any atom is -0.0832 e. The first-order chi connectivity index (χ1) is 10.3. The van der Waals surface area contributed by atoms with Crippen molar-refractivity contribution in [1.29, 1.82) is 0 Å². The molecule has 0 aliphatic heterocycles. The summed E-state index contributed by atoms with van der Waals surface area (Å²) in [6.07, 6.45) is 7.73. The Balaban J connectivity index is 1.68. The Morgan fingerprint density at radius 3 is 2.62 bits per heavy atom. The number of alkyl halides is 1. The molecular weight excluding hydrogens is 320 g/mol. The lowest BCUT2D eigenvalue weighted by Crippen LogP contribution is -2.14. The van der Waals surface area contributed by atoms with E-state index in [1.807, 2.05) is 0 Å². The molecule has 0 fully saturated rings. The van der Waals surface area contributed by atoms with Crippen LogP contribution in [0.1, 0.15) is 57.8 Å². The zero-order valence-corrected chi connectivity index (χ0v) is 13.9. The van der Waals surface area contributed by atoms with Gasteiger partial charge in [-0.1, -0.05) is 58.4 Å². The summed E-state index contributed by atoms with van der Waals surface area (Å²) in [4.78, 5) is 0.449. The Hall–Kier alpha value is -1.08. The molecule has 21 heavy (non-hydrogen) atoms. The maximum absolute atomic E-state index is 4.03. The van der Waals surface area contributed by atoms with E-state index in [0.29, 0.717) is 10.7 Å². The van der Waals surface area contributed by atoms with Gasteiger partial charge in [-0.3, -0.25) is 0 Å². The van der Waals surface area contributed by atoms with E-state index < -0.39 is 0 Å². The summed E-state index contributed by atoms with van der Waals surface area (Å²) in [7, 11) is 0. The fraction of sp³-hybridized carbons (Fsp3) is 0.400. The van der Waals surface area contributed by atoms with Crippen molar-refractivity contribution in [2.75, 3.05) is 0 Å². The van der Waals surface area contributed by atoms with Gasteiger partial charge >= 0.3 is 0 Å². The van der Waals surface area contributed by atoms with Gasteiger partial charge in [0.05, 0.1) is 0 Å². The summed E-state index contributed by atoms with van der Waals surface area (Å²) in [5.74, 6) is 0.620. The first kappa shape index (κ1) is 13.6. The van der Waals surface area contributed by atoms with Crippen LogP contribution in [-0.2, 0) is 19.3 Å². The summed E-state index contributed by atoms with van der Waals surface area (Å²) < 4.78 is 0. The Labute approximate surface area is 135 Å². The third kappa shape index (κ3) is 2.46. The lowest BCUT2D eigenvalue weighted by atomic mass is 9.79. The average molecular weight is 341 g/mol. The largest absolute Gasteiger partial charge is 0.0832 e. The van der Waals surface area contributed by atoms with Crippen LogP contribution >= 0.6 is 15.9 Å². The van der Waals surface area contributed by atoms with E-state index in [4.69, 9.17) is 0 Å². The van der Waals surface area contributed by atoms with E-state index in [0.717, 1.165) is 0 Å². The molecule has 0 bridgehead atoms. The van der Waals surface area contributed by atoms with Crippen molar-refractivity contribution in [1.82, 2.24) is 0 Å². The smallest absolute Gasteiger partial charge is 0.0464 e. The van der Waals surface area contributed by atoms with Gasteiger partial charge in [-0.15, -0.1) is 0 Å². The highest BCUT2D eigenvalue weighted by atomic mass is 79.9. The van der Waals surface area contributed by atoms with Gasteiger partial charge in [-0.2, -0.15) is 0 Å². The second kappa shape index (κ2) is 5.61. The van der Waals surface area contributed by atoms with Crippen molar-refractivity contribution < 1.29 is 0 Å². The number of rotatable bonds is 2. The van der Waals surface area contributed by atoms with Crippen LogP contribution < -0.4 is 0 Å². The van der Waals surface area contributed by atoms with Crippen molar-refractivity contribution in [2.45, 2.75) is 49.3 Å². The normalized spacial score (nSPS) is 21.7. The molecule has 0 N–H and O–H groups in total. The predicted molar refractivity (Wildman–Crippen MR) is 92.3 cm³/mol. The zero-order valence-electron chi connectivity index (χ0n) is 12.3. The van der Waals surface area contributed by atoms with Gasteiger partial charge in [0.1, 0.15) is 0 Å². The molecule has 0 amide bonds. The molecule has 2 aliphatic rings. The van der Waals surface area contributed by atoms with Crippen molar-refractivity contribution in [3.63, 3.8) is 0 Å². The van der Waals surface area contributed by atoms with Crippen molar-refractivity contribution in [3.05, 3.63) is 70.3 Å². The molecule has 0 nitrogen and oxygen atoms in total. The molecule has 4 rings (SSSR count). The molecule has 0 saturated carbocycles. The van der Waals surface area contributed by atoms with Crippen LogP contribution in [0.3, 0.4) is 0 Å². The fourth-order valence-corrected chi connectivity index (χ4v) is 4.92. The van der Waals surface area contributed by atoms with E-state index in [-0.39, 0.29) is 0 Å². The minimum absolute atomic E-state index is 0.449.